The van der Waals surface area contributed by atoms with Crippen LogP contribution in [-0.2, 0) is 16.1 Å². The first-order chi connectivity index (χ1) is 19.1. The average Bonchev–Trinajstić information content (AvgIpc) is 2.92. The monoisotopic (exact) mass is 551 g/mol. The number of anilines is 1. The van der Waals surface area contributed by atoms with Crippen molar-refractivity contribution in [3.63, 3.8) is 0 Å². The third-order valence-electron chi connectivity index (χ3n) is 7.51. The number of fused-ring (bicyclic) bond motifs is 1. The number of piperidine rings is 2. The van der Waals surface area contributed by atoms with Gasteiger partial charge in [0.2, 0.25) is 0 Å². The number of nitrogens with zero attached hydrogens (tertiary/aromatic N) is 3. The van der Waals surface area contributed by atoms with Gasteiger partial charge in [0.15, 0.2) is 0 Å². The molecule has 0 spiro atoms. The fourth-order valence-corrected chi connectivity index (χ4v) is 5.46. The van der Waals surface area contributed by atoms with Crippen LogP contribution in [0.1, 0.15) is 62.4 Å². The van der Waals surface area contributed by atoms with Gasteiger partial charge < -0.3 is 29.1 Å². The Hall–Kier alpha value is -3.95. The largest absolute Gasteiger partial charge is 0.507 e. The molecule has 2 aromatic rings. The van der Waals surface area contributed by atoms with E-state index in [1.165, 1.54) is 6.07 Å². The molecule has 0 aromatic heterocycles. The van der Waals surface area contributed by atoms with Gasteiger partial charge in [0.1, 0.15) is 29.8 Å². The summed E-state index contributed by atoms with van der Waals surface area (Å²) in [5, 5.41) is 10.7. The number of aromatic hydroxyl groups is 1. The summed E-state index contributed by atoms with van der Waals surface area (Å²) in [6.45, 7) is 7.78. The third-order valence-corrected chi connectivity index (χ3v) is 7.51. The fourth-order valence-electron chi connectivity index (χ4n) is 5.46. The molecule has 5 rings (SSSR count). The number of hydrogen-bond donors (Lipinski definition) is 1. The van der Waals surface area contributed by atoms with Crippen LogP contribution in [0.4, 0.5) is 15.3 Å². The zero-order valence-corrected chi connectivity index (χ0v) is 23.3. The Labute approximate surface area is 234 Å². The molecule has 10 heteroatoms. The molecule has 3 heterocycles. The van der Waals surface area contributed by atoms with Crippen molar-refractivity contribution in [2.24, 2.45) is 0 Å². The van der Waals surface area contributed by atoms with Crippen molar-refractivity contribution in [3.05, 3.63) is 53.6 Å². The number of ether oxygens (including phenoxy) is 3. The topological polar surface area (TPSA) is 109 Å². The molecule has 214 valence electrons. The first-order valence-electron chi connectivity index (χ1n) is 13.9. The van der Waals surface area contributed by atoms with Crippen LogP contribution in [0.5, 0.6) is 11.5 Å². The molecule has 1 N–H and O–H groups in total. The van der Waals surface area contributed by atoms with Crippen molar-refractivity contribution in [3.8, 4) is 11.5 Å². The fraction of sp³-hybridized carbons (Fsp3) is 0.500. The number of carbonyl (C=O) groups excluding carboxylic acids is 3. The second kappa shape index (κ2) is 11.3. The summed E-state index contributed by atoms with van der Waals surface area (Å²) in [7, 11) is 0. The van der Waals surface area contributed by atoms with Gasteiger partial charge in [-0.3, -0.25) is 9.69 Å². The number of amides is 3. The normalized spacial score (nSPS) is 18.7. The lowest BCUT2D eigenvalue weighted by Gasteiger charge is -2.40. The average molecular weight is 552 g/mol. The Morgan fingerprint density at radius 2 is 1.62 bits per heavy atom. The third kappa shape index (κ3) is 6.11. The number of para-hydroxylation sites is 1. The number of phenolic OH excluding ortho intramolecular Hbond substituents is 1. The van der Waals surface area contributed by atoms with Crippen LogP contribution in [0.3, 0.4) is 0 Å². The van der Waals surface area contributed by atoms with Gasteiger partial charge in [-0.15, -0.1) is 0 Å². The number of benzene rings is 2. The maximum absolute atomic E-state index is 13.2. The highest BCUT2D eigenvalue weighted by molar-refractivity contribution is 5.97. The van der Waals surface area contributed by atoms with E-state index in [1.54, 1.807) is 26.8 Å². The van der Waals surface area contributed by atoms with Crippen molar-refractivity contribution in [1.82, 2.24) is 9.80 Å². The minimum Gasteiger partial charge on any atom is -0.507 e. The van der Waals surface area contributed by atoms with Crippen LogP contribution in [0, 0.1) is 0 Å². The second-order valence-electron chi connectivity index (χ2n) is 11.5. The van der Waals surface area contributed by atoms with Crippen LogP contribution in [0.2, 0.25) is 0 Å². The highest BCUT2D eigenvalue weighted by atomic mass is 16.6. The molecular formula is C30H37N3O7. The molecule has 2 fully saturated rings. The summed E-state index contributed by atoms with van der Waals surface area (Å²) in [4.78, 5) is 43.2. The zero-order valence-electron chi connectivity index (χ0n) is 23.3. The van der Waals surface area contributed by atoms with Crippen molar-refractivity contribution in [2.75, 3.05) is 31.1 Å². The van der Waals surface area contributed by atoms with Crippen LogP contribution < -0.4 is 9.64 Å². The van der Waals surface area contributed by atoms with Crippen LogP contribution in [0.25, 0.3) is 0 Å². The molecule has 0 aliphatic carbocycles. The van der Waals surface area contributed by atoms with Gasteiger partial charge in [-0.1, -0.05) is 18.2 Å². The molecular weight excluding hydrogens is 514 g/mol. The molecule has 3 aliphatic rings. The Balaban J connectivity index is 1.14. The molecule has 10 nitrogen and oxygen atoms in total. The molecule has 3 aliphatic heterocycles. The van der Waals surface area contributed by atoms with E-state index >= 15 is 0 Å². The van der Waals surface area contributed by atoms with E-state index in [-0.39, 0.29) is 48.2 Å². The lowest BCUT2D eigenvalue weighted by Crippen LogP contribution is -2.50. The Morgan fingerprint density at radius 3 is 2.30 bits per heavy atom. The quantitative estimate of drug-likeness (QED) is 0.574. The molecule has 0 unspecified atom stereocenters. The van der Waals surface area contributed by atoms with E-state index in [1.807, 2.05) is 45.0 Å². The van der Waals surface area contributed by atoms with E-state index in [0.717, 1.165) is 11.3 Å². The Morgan fingerprint density at radius 1 is 0.950 bits per heavy atom. The first kappa shape index (κ1) is 27.6. The van der Waals surface area contributed by atoms with Gasteiger partial charge in [0.05, 0.1) is 11.3 Å². The maximum atomic E-state index is 13.2. The maximum Gasteiger partial charge on any atom is 0.414 e. The summed E-state index contributed by atoms with van der Waals surface area (Å²) in [6.07, 6.45) is 1.72. The lowest BCUT2D eigenvalue weighted by molar-refractivity contribution is 0.0126. The molecule has 2 aromatic carbocycles. The zero-order chi connectivity index (χ0) is 28.4. The first-order valence-corrected chi connectivity index (χ1v) is 13.9. The SMILES string of the molecule is CC(C)(C)OC(=O)N1CCC(Oc2ccc(C(=O)N3CCC(N4C(=O)OCc5ccccc54)CC3)c(O)c2)CC1. The van der Waals surface area contributed by atoms with E-state index in [2.05, 4.69) is 0 Å². The van der Waals surface area contributed by atoms with Crippen LogP contribution in [-0.4, -0.2) is 76.9 Å². The Kier molecular flexibility index (Phi) is 7.78. The second-order valence-corrected chi connectivity index (χ2v) is 11.5. The number of hydrogen-bond acceptors (Lipinski definition) is 7. The standard InChI is InChI=1S/C30H37N3O7/c1-30(2,3)40-28(36)32-16-12-22(13-17-32)39-23-8-9-24(26(34)18-23)27(35)31-14-10-21(11-15-31)33-25-7-5-4-6-20(25)19-38-29(33)37/h4-9,18,21-22,34H,10-17,19H2,1-3H3. The summed E-state index contributed by atoms with van der Waals surface area (Å²) in [5.74, 6) is 0.0879. The van der Waals surface area contributed by atoms with E-state index in [4.69, 9.17) is 14.2 Å². The van der Waals surface area contributed by atoms with Gasteiger partial charge in [-0.25, -0.2) is 9.59 Å². The lowest BCUT2D eigenvalue weighted by atomic mass is 10.00. The van der Waals surface area contributed by atoms with Gasteiger partial charge in [-0.2, -0.15) is 0 Å². The highest BCUT2D eigenvalue weighted by Crippen LogP contribution is 2.33. The van der Waals surface area contributed by atoms with Crippen molar-refractivity contribution >= 4 is 23.8 Å². The molecule has 2 saturated heterocycles. The molecule has 0 bridgehead atoms. The summed E-state index contributed by atoms with van der Waals surface area (Å²) in [6, 6.07) is 12.4. The predicted molar refractivity (Wildman–Crippen MR) is 148 cm³/mol. The Bertz CT molecular complexity index is 1260. The summed E-state index contributed by atoms with van der Waals surface area (Å²) in [5.41, 5.74) is 1.52. The van der Waals surface area contributed by atoms with Crippen LogP contribution >= 0.6 is 0 Å². The number of carbonyl (C=O) groups is 3. The molecule has 0 radical (unpaired) electrons. The van der Waals surface area contributed by atoms with Crippen molar-refractivity contribution in [1.29, 1.82) is 0 Å². The number of rotatable bonds is 4. The van der Waals surface area contributed by atoms with Crippen LogP contribution in [0.15, 0.2) is 42.5 Å². The van der Waals surface area contributed by atoms with E-state index < -0.39 is 5.60 Å². The van der Waals surface area contributed by atoms with Gasteiger partial charge in [-0.05, 0) is 51.8 Å². The highest BCUT2D eigenvalue weighted by Gasteiger charge is 2.35. The van der Waals surface area contributed by atoms with Crippen molar-refractivity contribution in [2.45, 2.75) is 70.8 Å². The van der Waals surface area contributed by atoms with Crippen molar-refractivity contribution < 1.29 is 33.7 Å². The molecule has 40 heavy (non-hydrogen) atoms. The molecule has 3 amide bonds. The smallest absolute Gasteiger partial charge is 0.414 e. The number of likely N-dealkylation sites (tertiary alicyclic amines) is 2. The van der Waals surface area contributed by atoms with Gasteiger partial charge >= 0.3 is 12.2 Å². The number of cyclic esters (lactones) is 1. The van der Waals surface area contributed by atoms with Gasteiger partial charge in [0, 0.05) is 56.7 Å². The molecule has 0 atom stereocenters. The summed E-state index contributed by atoms with van der Waals surface area (Å²) >= 11 is 0. The molecule has 0 saturated carbocycles. The van der Waals surface area contributed by atoms with Gasteiger partial charge in [0.25, 0.3) is 5.91 Å². The minimum atomic E-state index is -0.537. The summed E-state index contributed by atoms with van der Waals surface area (Å²) < 4.78 is 16.9. The predicted octanol–water partition coefficient (Wildman–Crippen LogP) is 4.93. The minimum absolute atomic E-state index is 0.0656. The number of phenols is 1. The van der Waals surface area contributed by atoms with E-state index in [9.17, 15) is 19.5 Å². The van der Waals surface area contributed by atoms with E-state index in [0.29, 0.717) is 57.6 Å².